The quantitative estimate of drug-likeness (QED) is 0.621. The molecule has 0 spiro atoms. The maximum Gasteiger partial charge on any atom is 0.420 e. The maximum absolute atomic E-state index is 13.4. The van der Waals surface area contributed by atoms with E-state index in [9.17, 15) is 13.2 Å². The number of nitrogens with two attached hydrogens (primary N) is 1. The van der Waals surface area contributed by atoms with Crippen LogP contribution in [0.2, 0.25) is 19.6 Å². The summed E-state index contributed by atoms with van der Waals surface area (Å²) in [4.78, 5) is 6.42. The summed E-state index contributed by atoms with van der Waals surface area (Å²) in [6.07, 6.45) is 0.607. The van der Waals surface area contributed by atoms with Crippen molar-refractivity contribution in [2.24, 2.45) is 0 Å². The van der Waals surface area contributed by atoms with Crippen LogP contribution < -0.4 is 5.73 Å². The molecule has 1 atom stereocenters. The second-order valence-corrected chi connectivity index (χ2v) is 11.0. The fourth-order valence-electron chi connectivity index (χ4n) is 2.08. The Morgan fingerprint density at radius 3 is 2.17 bits per heavy atom. The van der Waals surface area contributed by atoms with Crippen LogP contribution in [0.3, 0.4) is 0 Å². The zero-order valence-electron chi connectivity index (χ0n) is 14.5. The van der Waals surface area contributed by atoms with Crippen molar-refractivity contribution in [2.75, 3.05) is 5.73 Å². The minimum atomic E-state index is -4.48. The number of hydrogen-bond acceptors (Lipinski definition) is 3. The van der Waals surface area contributed by atoms with E-state index in [-0.39, 0.29) is 5.56 Å². The zero-order chi connectivity index (χ0) is 18.6. The normalized spacial score (nSPS) is 14.5. The lowest BCUT2D eigenvalue weighted by atomic mass is 9.93. The maximum atomic E-state index is 13.4. The predicted molar refractivity (Wildman–Crippen MR) is 92.0 cm³/mol. The first-order valence-electron chi connectivity index (χ1n) is 7.43. The van der Waals surface area contributed by atoms with Gasteiger partial charge in [-0.1, -0.05) is 12.1 Å². The molecule has 0 saturated heterocycles. The van der Waals surface area contributed by atoms with Crippen molar-refractivity contribution in [2.45, 2.75) is 45.3 Å². The van der Waals surface area contributed by atoms with Gasteiger partial charge in [0.25, 0.3) is 0 Å². The van der Waals surface area contributed by atoms with Gasteiger partial charge in [0.05, 0.1) is 6.33 Å². The van der Waals surface area contributed by atoms with Gasteiger partial charge in [-0.25, -0.2) is 4.98 Å². The van der Waals surface area contributed by atoms with E-state index in [1.54, 1.807) is 45.3 Å². The summed E-state index contributed by atoms with van der Waals surface area (Å²) in [5.74, 6) is 0. The molecular formula is C16H24F3N3OSi. The highest BCUT2D eigenvalue weighted by molar-refractivity contribution is 6.69. The van der Waals surface area contributed by atoms with Gasteiger partial charge in [0.2, 0.25) is 0 Å². The number of nitrogens with zero attached hydrogens (tertiary/aromatic N) is 1. The number of rotatable bonds is 3. The van der Waals surface area contributed by atoms with Crippen LogP contribution in [-0.4, -0.2) is 24.5 Å². The SMILES string of the molecule is Cc1cc(C(C)(O[Si](C)(C)C)C(F)(F)F)ccc1N.c1c[nH]cn1. The van der Waals surface area contributed by atoms with Crippen molar-refractivity contribution in [3.05, 3.63) is 48.0 Å². The smallest absolute Gasteiger partial charge is 0.401 e. The zero-order valence-corrected chi connectivity index (χ0v) is 15.5. The van der Waals surface area contributed by atoms with Crippen molar-refractivity contribution in [1.82, 2.24) is 9.97 Å². The number of nitrogen functional groups attached to an aromatic ring is 1. The largest absolute Gasteiger partial charge is 0.420 e. The van der Waals surface area contributed by atoms with Gasteiger partial charge < -0.3 is 15.1 Å². The molecule has 1 aromatic heterocycles. The van der Waals surface area contributed by atoms with Crippen LogP contribution >= 0.6 is 0 Å². The van der Waals surface area contributed by atoms with Gasteiger partial charge in [0, 0.05) is 18.1 Å². The number of aryl methyl sites for hydroxylation is 1. The van der Waals surface area contributed by atoms with Gasteiger partial charge in [-0.2, -0.15) is 13.2 Å². The van der Waals surface area contributed by atoms with Crippen molar-refractivity contribution >= 4 is 14.0 Å². The Morgan fingerprint density at radius 1 is 1.21 bits per heavy atom. The Hall–Kier alpha value is -1.80. The second kappa shape index (κ2) is 7.39. The van der Waals surface area contributed by atoms with Crippen molar-refractivity contribution < 1.29 is 17.6 Å². The molecule has 0 aliphatic heterocycles. The lowest BCUT2D eigenvalue weighted by Gasteiger charge is -2.38. The number of halogens is 3. The van der Waals surface area contributed by atoms with E-state index in [2.05, 4.69) is 9.97 Å². The number of imidazole rings is 1. The Bertz CT molecular complexity index is 622. The van der Waals surface area contributed by atoms with Crippen LogP contribution in [0, 0.1) is 6.92 Å². The van der Waals surface area contributed by atoms with Crippen LogP contribution in [0.4, 0.5) is 18.9 Å². The molecule has 0 bridgehead atoms. The number of aromatic amines is 1. The second-order valence-electron chi connectivity index (χ2n) is 6.58. The van der Waals surface area contributed by atoms with Gasteiger partial charge >= 0.3 is 6.18 Å². The molecule has 1 aromatic carbocycles. The Balaban J connectivity index is 0.000000488. The van der Waals surface area contributed by atoms with Gasteiger partial charge in [-0.15, -0.1) is 0 Å². The van der Waals surface area contributed by atoms with Crippen LogP contribution in [0.25, 0.3) is 0 Å². The third-order valence-corrected chi connectivity index (χ3v) is 4.30. The number of anilines is 1. The molecule has 24 heavy (non-hydrogen) atoms. The molecule has 0 amide bonds. The van der Waals surface area contributed by atoms with E-state index in [0.717, 1.165) is 6.92 Å². The molecular weight excluding hydrogens is 335 g/mol. The highest BCUT2D eigenvalue weighted by atomic mass is 28.4. The van der Waals surface area contributed by atoms with E-state index >= 15 is 0 Å². The van der Waals surface area contributed by atoms with E-state index < -0.39 is 20.1 Å². The van der Waals surface area contributed by atoms with Crippen molar-refractivity contribution in [1.29, 1.82) is 0 Å². The molecule has 8 heteroatoms. The Labute approximate surface area is 141 Å². The molecule has 0 radical (unpaired) electrons. The number of nitrogens with one attached hydrogen (secondary N) is 1. The molecule has 134 valence electrons. The van der Waals surface area contributed by atoms with Crippen molar-refractivity contribution in [3.8, 4) is 0 Å². The molecule has 0 aliphatic carbocycles. The third-order valence-electron chi connectivity index (χ3n) is 3.28. The van der Waals surface area contributed by atoms with Gasteiger partial charge in [0.15, 0.2) is 13.9 Å². The first-order chi connectivity index (χ1) is 10.9. The van der Waals surface area contributed by atoms with E-state index in [1.807, 2.05) is 0 Å². The summed E-state index contributed by atoms with van der Waals surface area (Å²) < 4.78 is 45.7. The summed E-state index contributed by atoms with van der Waals surface area (Å²) in [6, 6.07) is 4.32. The molecule has 1 heterocycles. The molecule has 0 saturated carbocycles. The summed E-state index contributed by atoms with van der Waals surface area (Å²) in [5, 5.41) is 0. The molecule has 1 unspecified atom stereocenters. The monoisotopic (exact) mass is 359 g/mol. The number of H-pyrrole nitrogens is 1. The summed E-state index contributed by atoms with van der Waals surface area (Å²) in [6.45, 7) is 7.98. The lowest BCUT2D eigenvalue weighted by Crippen LogP contribution is -2.48. The topological polar surface area (TPSA) is 63.9 Å². The van der Waals surface area contributed by atoms with E-state index in [4.69, 9.17) is 10.2 Å². The fourth-order valence-corrected chi connectivity index (χ4v) is 3.54. The highest BCUT2D eigenvalue weighted by Gasteiger charge is 2.55. The van der Waals surface area contributed by atoms with Gasteiger partial charge in [0.1, 0.15) is 0 Å². The van der Waals surface area contributed by atoms with E-state index in [0.29, 0.717) is 11.3 Å². The molecule has 2 aromatic rings. The highest BCUT2D eigenvalue weighted by Crippen LogP contribution is 2.44. The van der Waals surface area contributed by atoms with Crippen LogP contribution in [-0.2, 0) is 10.0 Å². The fraction of sp³-hybridized carbons (Fsp3) is 0.438. The Morgan fingerprint density at radius 2 is 1.83 bits per heavy atom. The van der Waals surface area contributed by atoms with Gasteiger partial charge in [-0.3, -0.25) is 0 Å². The van der Waals surface area contributed by atoms with Gasteiger partial charge in [-0.05, 0) is 50.7 Å². The molecule has 2 rings (SSSR count). The average Bonchev–Trinajstić information content (AvgIpc) is 2.97. The average molecular weight is 359 g/mol. The van der Waals surface area contributed by atoms with Crippen LogP contribution in [0.1, 0.15) is 18.1 Å². The number of aromatic nitrogens is 2. The van der Waals surface area contributed by atoms with E-state index in [1.165, 1.54) is 18.2 Å². The standard InChI is InChI=1S/C13H20F3NOSi.C3H4N2/c1-9-8-10(6-7-11(9)17)12(2,13(14,15)16)18-19(3,4)5;1-2-5-3-4-1/h6-8H,17H2,1-5H3;1-3H,(H,4,5). The lowest BCUT2D eigenvalue weighted by molar-refractivity contribution is -0.250. The first-order valence-corrected chi connectivity index (χ1v) is 10.8. The number of alkyl halides is 3. The summed E-state index contributed by atoms with van der Waals surface area (Å²) in [7, 11) is -2.37. The van der Waals surface area contributed by atoms with Crippen LogP contribution in [0.5, 0.6) is 0 Å². The molecule has 0 fully saturated rings. The van der Waals surface area contributed by atoms with Crippen LogP contribution in [0.15, 0.2) is 36.9 Å². The predicted octanol–water partition coefficient (Wildman–Crippen LogP) is 4.62. The summed E-state index contributed by atoms with van der Waals surface area (Å²) in [5.41, 5.74) is 4.54. The third kappa shape index (κ3) is 5.38. The number of benzene rings is 1. The minimum absolute atomic E-state index is 0.0918. The molecule has 3 N–H and O–H groups in total. The molecule has 4 nitrogen and oxygen atoms in total. The Kier molecular flexibility index (Phi) is 6.24. The van der Waals surface area contributed by atoms with Crippen molar-refractivity contribution in [3.63, 3.8) is 0 Å². The molecule has 0 aliphatic rings. The summed E-state index contributed by atoms with van der Waals surface area (Å²) >= 11 is 0. The first kappa shape index (κ1) is 20.2. The minimum Gasteiger partial charge on any atom is -0.401 e. The number of hydrogen-bond donors (Lipinski definition) is 2.